The lowest BCUT2D eigenvalue weighted by atomic mass is 10.1. The van der Waals surface area contributed by atoms with Gasteiger partial charge in [-0.05, 0) is 44.2 Å². The zero-order valence-electron chi connectivity index (χ0n) is 16.5. The summed E-state index contributed by atoms with van der Waals surface area (Å²) in [5.74, 6) is 0.0135. The number of nitro benzene ring substituents is 1. The lowest BCUT2D eigenvalue weighted by molar-refractivity contribution is -0.384. The van der Waals surface area contributed by atoms with Crippen molar-refractivity contribution in [1.82, 2.24) is 4.57 Å². The van der Waals surface area contributed by atoms with Crippen LogP contribution in [0.25, 0.3) is 0 Å². The van der Waals surface area contributed by atoms with Crippen LogP contribution in [0, 0.1) is 24.0 Å². The fourth-order valence-electron chi connectivity index (χ4n) is 2.96. The number of aromatic nitrogens is 1. The lowest BCUT2D eigenvalue weighted by Crippen LogP contribution is -2.20. The molecule has 30 heavy (non-hydrogen) atoms. The number of carbonyl (C=O) groups is 2. The van der Waals surface area contributed by atoms with Gasteiger partial charge in [-0.1, -0.05) is 0 Å². The van der Waals surface area contributed by atoms with Gasteiger partial charge in [0.15, 0.2) is 13.2 Å². The summed E-state index contributed by atoms with van der Waals surface area (Å²) in [7, 11) is 0. The van der Waals surface area contributed by atoms with Crippen LogP contribution in [0.2, 0.25) is 0 Å². The number of nitro groups is 1. The molecule has 3 aromatic rings. The van der Waals surface area contributed by atoms with Crippen molar-refractivity contribution in [2.45, 2.75) is 20.4 Å². The standard InChI is InChI=1S/C21H20N2O7/c1-14-10-19(15(2)22(14)11-18-4-3-9-28-18)20(24)12-30-21(25)13-29-17-7-5-16(6-8-17)23(26)27/h3-10H,11-13H2,1-2H3. The van der Waals surface area contributed by atoms with E-state index in [4.69, 9.17) is 13.9 Å². The minimum atomic E-state index is -0.717. The molecule has 156 valence electrons. The maximum atomic E-state index is 12.5. The van der Waals surface area contributed by atoms with E-state index in [2.05, 4.69) is 0 Å². The van der Waals surface area contributed by atoms with Gasteiger partial charge in [-0.25, -0.2) is 4.79 Å². The van der Waals surface area contributed by atoms with E-state index in [0.717, 1.165) is 17.1 Å². The molecule has 0 atom stereocenters. The summed E-state index contributed by atoms with van der Waals surface area (Å²) in [5, 5.41) is 10.6. The summed E-state index contributed by atoms with van der Waals surface area (Å²) in [6, 6.07) is 10.7. The van der Waals surface area contributed by atoms with Crippen LogP contribution in [0.4, 0.5) is 5.69 Å². The molecular formula is C21H20N2O7. The zero-order valence-corrected chi connectivity index (χ0v) is 16.5. The summed E-state index contributed by atoms with van der Waals surface area (Å²) in [4.78, 5) is 34.5. The van der Waals surface area contributed by atoms with Crippen molar-refractivity contribution in [3.05, 3.63) is 81.6 Å². The van der Waals surface area contributed by atoms with E-state index < -0.39 is 24.1 Å². The highest BCUT2D eigenvalue weighted by atomic mass is 16.6. The topological polar surface area (TPSA) is 114 Å². The smallest absolute Gasteiger partial charge is 0.344 e. The Balaban J connectivity index is 1.52. The van der Waals surface area contributed by atoms with Crippen LogP contribution in [0.5, 0.6) is 5.75 Å². The molecule has 0 aliphatic rings. The first-order valence-corrected chi connectivity index (χ1v) is 9.10. The Morgan fingerprint density at radius 3 is 2.50 bits per heavy atom. The normalized spacial score (nSPS) is 10.6. The van der Waals surface area contributed by atoms with Crippen LogP contribution < -0.4 is 4.74 Å². The number of ether oxygens (including phenoxy) is 2. The molecule has 0 bridgehead atoms. The van der Waals surface area contributed by atoms with Gasteiger partial charge in [0.05, 0.1) is 17.7 Å². The maximum absolute atomic E-state index is 12.5. The number of Topliss-reactive ketones (excluding diaryl/α,β-unsaturated/α-hetero) is 1. The largest absolute Gasteiger partial charge is 0.482 e. The van der Waals surface area contributed by atoms with Crippen LogP contribution in [0.3, 0.4) is 0 Å². The van der Waals surface area contributed by atoms with Gasteiger partial charge < -0.3 is 18.5 Å². The number of nitrogens with zero attached hydrogens (tertiary/aromatic N) is 2. The van der Waals surface area contributed by atoms with Crippen molar-refractivity contribution in [3.63, 3.8) is 0 Å². The monoisotopic (exact) mass is 412 g/mol. The number of ketones is 1. The number of carbonyl (C=O) groups excluding carboxylic acids is 2. The van der Waals surface area contributed by atoms with Gasteiger partial charge in [-0.2, -0.15) is 0 Å². The minimum Gasteiger partial charge on any atom is -0.482 e. The van der Waals surface area contributed by atoms with Crippen molar-refractivity contribution in [1.29, 1.82) is 0 Å². The van der Waals surface area contributed by atoms with Crippen LogP contribution in [0.1, 0.15) is 27.5 Å². The molecule has 2 aromatic heterocycles. The van der Waals surface area contributed by atoms with Crippen molar-refractivity contribution in [2.24, 2.45) is 0 Å². The molecule has 3 rings (SSSR count). The third-order valence-electron chi connectivity index (χ3n) is 4.54. The Morgan fingerprint density at radius 2 is 1.87 bits per heavy atom. The quantitative estimate of drug-likeness (QED) is 0.229. The van der Waals surface area contributed by atoms with E-state index in [0.29, 0.717) is 12.1 Å². The number of hydrogen-bond acceptors (Lipinski definition) is 7. The first-order valence-electron chi connectivity index (χ1n) is 9.10. The highest BCUT2D eigenvalue weighted by molar-refractivity contribution is 5.99. The van der Waals surface area contributed by atoms with Crippen LogP contribution in [-0.2, 0) is 16.1 Å². The Kier molecular flexibility index (Phi) is 6.31. The lowest BCUT2D eigenvalue weighted by Gasteiger charge is -2.08. The van der Waals surface area contributed by atoms with Gasteiger partial charge in [0.25, 0.3) is 5.69 Å². The molecule has 1 aromatic carbocycles. The van der Waals surface area contributed by atoms with E-state index in [1.54, 1.807) is 18.4 Å². The molecule has 0 aliphatic heterocycles. The average Bonchev–Trinajstić information content (AvgIpc) is 3.34. The molecule has 0 N–H and O–H groups in total. The van der Waals surface area contributed by atoms with E-state index in [1.807, 2.05) is 24.5 Å². The van der Waals surface area contributed by atoms with Gasteiger partial charge >= 0.3 is 5.97 Å². The number of hydrogen-bond donors (Lipinski definition) is 0. The summed E-state index contributed by atoms with van der Waals surface area (Å²) in [6.07, 6.45) is 1.59. The van der Waals surface area contributed by atoms with E-state index in [9.17, 15) is 19.7 Å². The zero-order chi connectivity index (χ0) is 21.7. The predicted molar refractivity (Wildman–Crippen MR) is 106 cm³/mol. The summed E-state index contributed by atoms with van der Waals surface area (Å²) in [5.41, 5.74) is 2.04. The van der Waals surface area contributed by atoms with Crippen LogP contribution in [-0.4, -0.2) is 34.5 Å². The first-order chi connectivity index (χ1) is 14.3. The van der Waals surface area contributed by atoms with Gasteiger partial charge in [-0.3, -0.25) is 14.9 Å². The molecular weight excluding hydrogens is 392 g/mol. The summed E-state index contributed by atoms with van der Waals surface area (Å²) >= 11 is 0. The number of esters is 1. The average molecular weight is 412 g/mol. The number of benzene rings is 1. The predicted octanol–water partition coefficient (Wildman–Crippen LogP) is 3.46. The Bertz CT molecular complexity index is 1050. The van der Waals surface area contributed by atoms with Gasteiger partial charge in [0, 0.05) is 29.1 Å². The molecule has 0 unspecified atom stereocenters. The first kappa shape index (κ1) is 20.8. The summed E-state index contributed by atoms with van der Waals surface area (Å²) in [6.45, 7) is 3.39. The molecule has 2 heterocycles. The van der Waals surface area contributed by atoms with Crippen molar-refractivity contribution < 1.29 is 28.4 Å². The van der Waals surface area contributed by atoms with Gasteiger partial charge in [-0.15, -0.1) is 0 Å². The van der Waals surface area contributed by atoms with E-state index in [-0.39, 0.29) is 17.2 Å². The third-order valence-corrected chi connectivity index (χ3v) is 4.54. The second-order valence-corrected chi connectivity index (χ2v) is 6.57. The fraction of sp³-hybridized carbons (Fsp3) is 0.238. The molecule has 0 spiro atoms. The Morgan fingerprint density at radius 1 is 1.13 bits per heavy atom. The highest BCUT2D eigenvalue weighted by Crippen LogP contribution is 2.19. The second-order valence-electron chi connectivity index (χ2n) is 6.57. The SMILES string of the molecule is Cc1cc(C(=O)COC(=O)COc2ccc([N+](=O)[O-])cc2)c(C)n1Cc1ccco1. The molecule has 0 saturated heterocycles. The molecule has 0 radical (unpaired) electrons. The molecule has 9 nitrogen and oxygen atoms in total. The van der Waals surface area contributed by atoms with Gasteiger partial charge in [0.2, 0.25) is 5.78 Å². The van der Waals surface area contributed by atoms with Crippen LogP contribution >= 0.6 is 0 Å². The Hall–Kier alpha value is -3.88. The molecule has 0 saturated carbocycles. The van der Waals surface area contributed by atoms with Gasteiger partial charge in [0.1, 0.15) is 11.5 Å². The van der Waals surface area contributed by atoms with Crippen LogP contribution in [0.15, 0.2) is 53.1 Å². The number of furan rings is 1. The Labute approximate surface area is 172 Å². The van der Waals surface area contributed by atoms with Crippen molar-refractivity contribution in [2.75, 3.05) is 13.2 Å². The number of aryl methyl sites for hydroxylation is 1. The maximum Gasteiger partial charge on any atom is 0.344 e. The minimum absolute atomic E-state index is 0.0832. The number of non-ortho nitro benzene ring substituents is 1. The second kappa shape index (κ2) is 9.08. The molecule has 0 fully saturated rings. The molecule has 0 aliphatic carbocycles. The molecule has 9 heteroatoms. The highest BCUT2D eigenvalue weighted by Gasteiger charge is 2.18. The fourth-order valence-corrected chi connectivity index (χ4v) is 2.96. The number of rotatable bonds is 9. The van der Waals surface area contributed by atoms with E-state index >= 15 is 0 Å². The third kappa shape index (κ3) is 4.93. The van der Waals surface area contributed by atoms with Crippen molar-refractivity contribution >= 4 is 17.4 Å². The molecule has 0 amide bonds. The van der Waals surface area contributed by atoms with E-state index in [1.165, 1.54) is 24.3 Å². The summed E-state index contributed by atoms with van der Waals surface area (Å²) < 4.78 is 17.5. The van der Waals surface area contributed by atoms with Crippen molar-refractivity contribution in [3.8, 4) is 5.75 Å².